The lowest BCUT2D eigenvalue weighted by atomic mass is 9.99. The summed E-state index contributed by atoms with van der Waals surface area (Å²) >= 11 is 0. The lowest BCUT2D eigenvalue weighted by molar-refractivity contribution is -0.192. The monoisotopic (exact) mass is 568 g/mol. The number of hydrogen-bond acceptors (Lipinski definition) is 5. The maximum absolute atomic E-state index is 12.3. The largest absolute Gasteiger partial charge is 0.490 e. The maximum atomic E-state index is 12.3. The highest BCUT2D eigenvalue weighted by atomic mass is 19.4. The predicted octanol–water partition coefficient (Wildman–Crippen LogP) is 2.83. The van der Waals surface area contributed by atoms with Crippen molar-refractivity contribution in [2.45, 2.75) is 38.4 Å². The van der Waals surface area contributed by atoms with Crippen LogP contribution in [0.1, 0.15) is 37.8 Å². The Labute approximate surface area is 228 Å². The first-order valence-electron chi connectivity index (χ1n) is 12.1. The third-order valence-electron chi connectivity index (χ3n) is 5.03. The highest BCUT2D eigenvalue weighted by Crippen LogP contribution is 2.23. The Kier molecular flexibility index (Phi) is 14.3. The fourth-order valence-electron chi connectivity index (χ4n) is 3.15. The topological polar surface area (TPSA) is 174 Å². The molecule has 0 bridgehead atoms. The quantitative estimate of drug-likeness (QED) is 0.214. The fourth-order valence-corrected chi connectivity index (χ4v) is 3.15. The second-order valence-corrected chi connectivity index (χ2v) is 8.18. The molecule has 11 nitrogen and oxygen atoms in total. The summed E-state index contributed by atoms with van der Waals surface area (Å²) in [7, 11) is 0. The third-order valence-corrected chi connectivity index (χ3v) is 5.03. The number of alkyl halides is 3. The lowest BCUT2D eigenvalue weighted by Crippen LogP contribution is -2.39. The van der Waals surface area contributed by atoms with Crippen molar-refractivity contribution in [1.29, 1.82) is 0 Å². The van der Waals surface area contributed by atoms with Crippen LogP contribution >= 0.6 is 0 Å². The predicted molar refractivity (Wildman–Crippen MR) is 138 cm³/mol. The van der Waals surface area contributed by atoms with Crippen molar-refractivity contribution >= 4 is 29.8 Å². The number of nitrogens with one attached hydrogen (secondary N) is 4. The van der Waals surface area contributed by atoms with Crippen LogP contribution in [0.4, 0.5) is 18.0 Å². The molecule has 0 aromatic heterocycles. The van der Waals surface area contributed by atoms with Gasteiger partial charge in [-0.05, 0) is 30.0 Å². The maximum Gasteiger partial charge on any atom is 0.490 e. The van der Waals surface area contributed by atoms with E-state index in [9.17, 15) is 37.5 Å². The van der Waals surface area contributed by atoms with Crippen molar-refractivity contribution < 1.29 is 47.4 Å². The molecule has 40 heavy (non-hydrogen) atoms. The van der Waals surface area contributed by atoms with E-state index >= 15 is 0 Å². The molecule has 0 aliphatic rings. The highest BCUT2D eigenvalue weighted by molar-refractivity contribution is 5.85. The van der Waals surface area contributed by atoms with Crippen molar-refractivity contribution in [2.24, 2.45) is 0 Å². The van der Waals surface area contributed by atoms with Gasteiger partial charge in [0.2, 0.25) is 11.8 Å². The standard InChI is InChI=1S/C24H30N4O5.C2HF3O2/c1-2-25-24(33)26-14-6-9-21(29)27-16-22(30)28-20(15-23(31)32)19-12-10-18(11-13-19)17-7-4-3-5-8-17;3-2(4,5)1(6)7/h3-5,7-8,10-13,20H,2,6,9,14-16H2,1H3,(H,27,29)(H,28,30)(H,31,32)(H2,25,26,33);(H,6,7). The number of carboxylic acid groups (broad SMARTS) is 2. The normalized spacial score (nSPS) is 11.2. The minimum Gasteiger partial charge on any atom is -0.481 e. The molecule has 2 aromatic carbocycles. The van der Waals surface area contributed by atoms with E-state index in [-0.39, 0.29) is 31.3 Å². The molecule has 2 aromatic rings. The Morgan fingerprint density at radius 2 is 1.40 bits per heavy atom. The number of halogens is 3. The van der Waals surface area contributed by atoms with Gasteiger partial charge in [0.05, 0.1) is 19.0 Å². The lowest BCUT2D eigenvalue weighted by Gasteiger charge is -2.18. The molecular formula is C26H31F3N4O7. The second-order valence-electron chi connectivity index (χ2n) is 8.18. The van der Waals surface area contributed by atoms with E-state index in [1.165, 1.54) is 0 Å². The van der Waals surface area contributed by atoms with Crippen LogP contribution in [0.25, 0.3) is 11.1 Å². The van der Waals surface area contributed by atoms with Gasteiger partial charge in [-0.2, -0.15) is 13.2 Å². The summed E-state index contributed by atoms with van der Waals surface area (Å²) in [6.45, 7) is 2.40. The SMILES string of the molecule is CCNC(=O)NCCCC(=O)NCC(=O)NC(CC(=O)O)c1ccc(-c2ccccc2)cc1.O=C(O)C(F)(F)F. The van der Waals surface area contributed by atoms with Gasteiger partial charge < -0.3 is 31.5 Å². The number of carboxylic acids is 2. The van der Waals surface area contributed by atoms with Crippen LogP contribution in [0.2, 0.25) is 0 Å². The number of carbonyl (C=O) groups is 5. The average molecular weight is 569 g/mol. The molecule has 0 saturated heterocycles. The van der Waals surface area contributed by atoms with Crippen LogP contribution in [0.15, 0.2) is 54.6 Å². The zero-order chi connectivity index (χ0) is 30.1. The van der Waals surface area contributed by atoms with E-state index in [1.54, 1.807) is 19.1 Å². The van der Waals surface area contributed by atoms with Crippen molar-refractivity contribution in [3.05, 3.63) is 60.2 Å². The Hall–Kier alpha value is -4.62. The van der Waals surface area contributed by atoms with Gasteiger partial charge in [-0.1, -0.05) is 54.6 Å². The van der Waals surface area contributed by atoms with Gasteiger partial charge in [-0.25, -0.2) is 9.59 Å². The van der Waals surface area contributed by atoms with Crippen LogP contribution in [-0.2, 0) is 19.2 Å². The Morgan fingerprint density at radius 1 is 0.825 bits per heavy atom. The molecule has 0 fully saturated rings. The zero-order valence-electron chi connectivity index (χ0n) is 21.6. The molecule has 0 saturated carbocycles. The first-order valence-corrected chi connectivity index (χ1v) is 12.1. The summed E-state index contributed by atoms with van der Waals surface area (Å²) in [6.07, 6.45) is -4.78. The summed E-state index contributed by atoms with van der Waals surface area (Å²) in [5, 5.41) is 26.8. The molecule has 4 amide bonds. The van der Waals surface area contributed by atoms with Gasteiger partial charge in [0.1, 0.15) is 0 Å². The van der Waals surface area contributed by atoms with E-state index in [1.807, 2.05) is 42.5 Å². The van der Waals surface area contributed by atoms with E-state index < -0.39 is 30.1 Å². The first-order chi connectivity index (χ1) is 18.8. The smallest absolute Gasteiger partial charge is 0.481 e. The van der Waals surface area contributed by atoms with Gasteiger partial charge in [0.25, 0.3) is 0 Å². The van der Waals surface area contributed by atoms with Gasteiger partial charge in [0.15, 0.2) is 0 Å². The fraction of sp³-hybridized carbons (Fsp3) is 0.346. The van der Waals surface area contributed by atoms with Crippen molar-refractivity contribution in [1.82, 2.24) is 21.3 Å². The Balaban J connectivity index is 0.00000101. The highest BCUT2D eigenvalue weighted by Gasteiger charge is 2.38. The van der Waals surface area contributed by atoms with E-state index in [0.29, 0.717) is 25.1 Å². The summed E-state index contributed by atoms with van der Waals surface area (Å²) < 4.78 is 31.7. The molecular weight excluding hydrogens is 537 g/mol. The van der Waals surface area contributed by atoms with Gasteiger partial charge in [0, 0.05) is 19.5 Å². The minimum atomic E-state index is -5.08. The molecule has 0 radical (unpaired) electrons. The molecule has 0 spiro atoms. The third kappa shape index (κ3) is 13.8. The molecule has 1 atom stereocenters. The molecule has 2 rings (SSSR count). The zero-order valence-corrected chi connectivity index (χ0v) is 21.6. The number of hydrogen-bond donors (Lipinski definition) is 6. The average Bonchev–Trinajstić information content (AvgIpc) is 2.90. The summed E-state index contributed by atoms with van der Waals surface area (Å²) in [5.41, 5.74) is 2.67. The number of amides is 4. The van der Waals surface area contributed by atoms with Crippen LogP contribution in [0.5, 0.6) is 0 Å². The molecule has 0 aliphatic carbocycles. The number of urea groups is 1. The molecule has 218 valence electrons. The van der Waals surface area contributed by atoms with E-state index in [0.717, 1.165) is 11.1 Å². The molecule has 1 unspecified atom stereocenters. The molecule has 0 aliphatic heterocycles. The molecule has 0 heterocycles. The van der Waals surface area contributed by atoms with Crippen molar-refractivity contribution in [3.63, 3.8) is 0 Å². The number of carbonyl (C=O) groups excluding carboxylic acids is 3. The van der Waals surface area contributed by atoms with Crippen LogP contribution in [-0.4, -0.2) is 65.8 Å². The first kappa shape index (κ1) is 33.4. The van der Waals surface area contributed by atoms with Crippen molar-refractivity contribution in [2.75, 3.05) is 19.6 Å². The second kappa shape index (κ2) is 17.1. The van der Waals surface area contributed by atoms with E-state index in [2.05, 4.69) is 21.3 Å². The number of benzene rings is 2. The summed E-state index contributed by atoms with van der Waals surface area (Å²) in [5.74, 6) is -4.62. The van der Waals surface area contributed by atoms with Crippen LogP contribution < -0.4 is 21.3 Å². The Bertz CT molecular complexity index is 1130. The number of rotatable bonds is 12. The molecule has 14 heteroatoms. The number of aliphatic carboxylic acids is 2. The summed E-state index contributed by atoms with van der Waals surface area (Å²) in [4.78, 5) is 55.7. The Morgan fingerprint density at radius 3 is 1.93 bits per heavy atom. The minimum absolute atomic E-state index is 0.152. The van der Waals surface area contributed by atoms with Gasteiger partial charge >= 0.3 is 24.1 Å². The van der Waals surface area contributed by atoms with E-state index in [4.69, 9.17) is 9.90 Å². The van der Waals surface area contributed by atoms with Crippen LogP contribution in [0, 0.1) is 0 Å². The van der Waals surface area contributed by atoms with Gasteiger partial charge in [-0.3, -0.25) is 14.4 Å². The van der Waals surface area contributed by atoms with Crippen LogP contribution in [0.3, 0.4) is 0 Å². The molecule has 6 N–H and O–H groups in total. The van der Waals surface area contributed by atoms with Gasteiger partial charge in [-0.15, -0.1) is 0 Å². The van der Waals surface area contributed by atoms with Crippen molar-refractivity contribution in [3.8, 4) is 11.1 Å². The summed E-state index contributed by atoms with van der Waals surface area (Å²) in [6, 6.07) is 16.1.